The Hall–Kier alpha value is -1.62. The summed E-state index contributed by atoms with van der Waals surface area (Å²) in [7, 11) is 0. The Bertz CT molecular complexity index is 638. The number of carbonyl (C=O) groups is 1. The molecule has 0 aliphatic carbocycles. The van der Waals surface area contributed by atoms with Gasteiger partial charge in [-0.25, -0.2) is 0 Å². The Morgan fingerprint density at radius 2 is 2.20 bits per heavy atom. The van der Waals surface area contributed by atoms with Gasteiger partial charge in [-0.05, 0) is 47.3 Å². The van der Waals surface area contributed by atoms with Crippen molar-refractivity contribution in [1.29, 1.82) is 0 Å². The fourth-order valence-electron chi connectivity index (χ4n) is 2.63. The normalized spacial score (nSPS) is 15.8. The number of halogens is 1. The summed E-state index contributed by atoms with van der Waals surface area (Å²) in [5.74, 6) is 0.0905. The number of fused-ring (bicyclic) bond motifs is 1. The van der Waals surface area contributed by atoms with Crippen LogP contribution in [0.25, 0.3) is 0 Å². The summed E-state index contributed by atoms with van der Waals surface area (Å²) in [6, 6.07) is 7.84. The first-order valence-corrected chi connectivity index (χ1v) is 7.55. The van der Waals surface area contributed by atoms with Crippen LogP contribution in [0.5, 0.6) is 0 Å². The smallest absolute Gasteiger partial charge is 0.251 e. The molecular formula is C15H16BrN3O. The van der Waals surface area contributed by atoms with Crippen LogP contribution in [-0.2, 0) is 11.2 Å². The van der Waals surface area contributed by atoms with E-state index in [1.54, 1.807) is 10.9 Å². The van der Waals surface area contributed by atoms with Crippen LogP contribution in [0.3, 0.4) is 0 Å². The average Bonchev–Trinajstić information content (AvgIpc) is 2.91. The highest BCUT2D eigenvalue weighted by atomic mass is 79.9. The monoisotopic (exact) mass is 333 g/mol. The van der Waals surface area contributed by atoms with Gasteiger partial charge in [0, 0.05) is 18.4 Å². The Labute approximate surface area is 126 Å². The van der Waals surface area contributed by atoms with Crippen molar-refractivity contribution < 1.29 is 4.79 Å². The van der Waals surface area contributed by atoms with E-state index < -0.39 is 0 Å². The standard InChI is InChI=1S/C15H16BrN3O/c1-11(19-10-13(16)9-17-19)15(20)18-8-4-6-12-5-2-3-7-14(12)18/h2-3,5,7,9-11H,4,6,8H2,1H3/t11-/m0/s1. The molecule has 1 atom stereocenters. The summed E-state index contributed by atoms with van der Waals surface area (Å²) >= 11 is 3.36. The first kappa shape index (κ1) is 13.4. The number of para-hydroxylation sites is 1. The minimum absolute atomic E-state index is 0.0905. The second-order valence-electron chi connectivity index (χ2n) is 5.04. The van der Waals surface area contributed by atoms with E-state index in [0.717, 1.165) is 29.5 Å². The number of benzene rings is 1. The highest BCUT2D eigenvalue weighted by Gasteiger charge is 2.27. The van der Waals surface area contributed by atoms with Gasteiger partial charge < -0.3 is 4.90 Å². The van der Waals surface area contributed by atoms with Gasteiger partial charge in [-0.2, -0.15) is 5.10 Å². The van der Waals surface area contributed by atoms with Crippen molar-refractivity contribution in [2.45, 2.75) is 25.8 Å². The largest absolute Gasteiger partial charge is 0.310 e. The SMILES string of the molecule is C[C@@H](C(=O)N1CCCc2ccccc21)n1cc(Br)cn1. The van der Waals surface area contributed by atoms with Gasteiger partial charge in [0.1, 0.15) is 6.04 Å². The van der Waals surface area contributed by atoms with E-state index in [9.17, 15) is 4.79 Å². The molecule has 4 nitrogen and oxygen atoms in total. The molecular weight excluding hydrogens is 318 g/mol. The third-order valence-electron chi connectivity index (χ3n) is 3.70. The zero-order valence-electron chi connectivity index (χ0n) is 11.3. The predicted molar refractivity (Wildman–Crippen MR) is 81.8 cm³/mol. The third kappa shape index (κ3) is 2.38. The zero-order valence-corrected chi connectivity index (χ0v) is 12.9. The van der Waals surface area contributed by atoms with Gasteiger partial charge in [0.15, 0.2) is 0 Å². The van der Waals surface area contributed by atoms with E-state index in [1.165, 1.54) is 5.56 Å². The molecule has 104 valence electrons. The highest BCUT2D eigenvalue weighted by molar-refractivity contribution is 9.10. The first-order valence-electron chi connectivity index (χ1n) is 6.76. The van der Waals surface area contributed by atoms with Gasteiger partial charge in [-0.15, -0.1) is 0 Å². The van der Waals surface area contributed by atoms with Crippen molar-refractivity contribution in [2.24, 2.45) is 0 Å². The van der Waals surface area contributed by atoms with Crippen molar-refractivity contribution in [1.82, 2.24) is 9.78 Å². The average molecular weight is 334 g/mol. The van der Waals surface area contributed by atoms with E-state index in [-0.39, 0.29) is 11.9 Å². The van der Waals surface area contributed by atoms with Gasteiger partial charge in [0.2, 0.25) is 0 Å². The van der Waals surface area contributed by atoms with Crippen LogP contribution < -0.4 is 4.90 Å². The lowest BCUT2D eigenvalue weighted by Gasteiger charge is -2.31. The van der Waals surface area contributed by atoms with Crippen LogP contribution in [0.4, 0.5) is 5.69 Å². The molecule has 2 heterocycles. The maximum absolute atomic E-state index is 12.7. The first-order chi connectivity index (χ1) is 9.66. The summed E-state index contributed by atoms with van der Waals surface area (Å²) in [6.45, 7) is 2.67. The number of anilines is 1. The lowest BCUT2D eigenvalue weighted by atomic mass is 10.0. The van der Waals surface area contributed by atoms with Crippen LogP contribution in [0, 0.1) is 0 Å². The maximum Gasteiger partial charge on any atom is 0.251 e. The van der Waals surface area contributed by atoms with E-state index in [2.05, 4.69) is 27.1 Å². The molecule has 5 heteroatoms. The van der Waals surface area contributed by atoms with Crippen LogP contribution in [0.15, 0.2) is 41.1 Å². The molecule has 0 fully saturated rings. The molecule has 0 radical (unpaired) electrons. The Balaban J connectivity index is 1.88. The van der Waals surface area contributed by atoms with Gasteiger partial charge in [-0.1, -0.05) is 18.2 Å². The Kier molecular flexibility index (Phi) is 3.61. The fourth-order valence-corrected chi connectivity index (χ4v) is 2.93. The van der Waals surface area contributed by atoms with Crippen molar-refractivity contribution in [3.05, 3.63) is 46.7 Å². The van der Waals surface area contributed by atoms with E-state index in [4.69, 9.17) is 0 Å². The molecule has 0 unspecified atom stereocenters. The molecule has 3 rings (SSSR count). The number of rotatable bonds is 2. The van der Waals surface area contributed by atoms with Crippen LogP contribution in [0.2, 0.25) is 0 Å². The van der Waals surface area contributed by atoms with Crippen LogP contribution >= 0.6 is 15.9 Å². The molecule has 20 heavy (non-hydrogen) atoms. The number of amides is 1. The predicted octanol–water partition coefficient (Wildman–Crippen LogP) is 3.19. The Morgan fingerprint density at radius 1 is 1.40 bits per heavy atom. The molecule has 1 aliphatic rings. The molecule has 1 aromatic carbocycles. The Morgan fingerprint density at radius 3 is 2.95 bits per heavy atom. The lowest BCUT2D eigenvalue weighted by molar-refractivity contribution is -0.121. The van der Waals surface area contributed by atoms with Crippen molar-refractivity contribution >= 4 is 27.5 Å². The third-order valence-corrected chi connectivity index (χ3v) is 4.11. The molecule has 2 aromatic rings. The summed E-state index contributed by atoms with van der Waals surface area (Å²) < 4.78 is 2.58. The topological polar surface area (TPSA) is 38.1 Å². The fraction of sp³-hybridized carbons (Fsp3) is 0.333. The molecule has 0 bridgehead atoms. The van der Waals surface area contributed by atoms with E-state index >= 15 is 0 Å². The number of aryl methyl sites for hydroxylation is 1. The van der Waals surface area contributed by atoms with Crippen LogP contribution in [0.1, 0.15) is 24.9 Å². The van der Waals surface area contributed by atoms with Gasteiger partial charge in [0.25, 0.3) is 5.91 Å². The minimum Gasteiger partial charge on any atom is -0.310 e. The summed E-state index contributed by atoms with van der Waals surface area (Å²) in [6.07, 6.45) is 5.59. The second kappa shape index (κ2) is 5.40. The van der Waals surface area contributed by atoms with E-state index in [1.807, 2.05) is 36.2 Å². The number of hydrogen-bond donors (Lipinski definition) is 0. The summed E-state index contributed by atoms with van der Waals surface area (Å²) in [5, 5.41) is 4.21. The minimum atomic E-state index is -0.299. The van der Waals surface area contributed by atoms with Crippen molar-refractivity contribution in [2.75, 3.05) is 11.4 Å². The number of hydrogen-bond acceptors (Lipinski definition) is 2. The zero-order chi connectivity index (χ0) is 14.1. The summed E-state index contributed by atoms with van der Waals surface area (Å²) in [5.41, 5.74) is 2.29. The number of carbonyl (C=O) groups excluding carboxylic acids is 1. The quantitative estimate of drug-likeness (QED) is 0.846. The van der Waals surface area contributed by atoms with Gasteiger partial charge in [-0.3, -0.25) is 9.48 Å². The molecule has 0 N–H and O–H groups in total. The molecule has 1 aromatic heterocycles. The molecule has 1 amide bonds. The van der Waals surface area contributed by atoms with Crippen LogP contribution in [-0.4, -0.2) is 22.2 Å². The summed E-state index contributed by atoms with van der Waals surface area (Å²) in [4.78, 5) is 14.6. The molecule has 0 saturated carbocycles. The van der Waals surface area contributed by atoms with Gasteiger partial charge in [0.05, 0.1) is 10.7 Å². The number of nitrogens with zero attached hydrogens (tertiary/aromatic N) is 3. The van der Waals surface area contributed by atoms with Crippen molar-refractivity contribution in [3.8, 4) is 0 Å². The molecule has 0 spiro atoms. The lowest BCUT2D eigenvalue weighted by Crippen LogP contribution is -2.39. The van der Waals surface area contributed by atoms with E-state index in [0.29, 0.717) is 0 Å². The molecule has 0 saturated heterocycles. The highest BCUT2D eigenvalue weighted by Crippen LogP contribution is 2.28. The molecule has 1 aliphatic heterocycles. The second-order valence-corrected chi connectivity index (χ2v) is 5.95. The van der Waals surface area contributed by atoms with Crippen molar-refractivity contribution in [3.63, 3.8) is 0 Å². The number of aromatic nitrogens is 2. The maximum atomic E-state index is 12.7. The van der Waals surface area contributed by atoms with Gasteiger partial charge >= 0.3 is 0 Å².